The third-order valence-corrected chi connectivity index (χ3v) is 5.76. The average molecular weight is 358 g/mol. The molecule has 0 bridgehead atoms. The highest BCUT2D eigenvalue weighted by molar-refractivity contribution is 5.27. The van der Waals surface area contributed by atoms with Gasteiger partial charge in [0.05, 0.1) is 5.60 Å². The smallest absolute Gasteiger partial charge is 0.198 e. The van der Waals surface area contributed by atoms with E-state index < -0.39 is 11.4 Å². The molecule has 0 spiro atoms. The number of allylic oxidation sites excluding steroid dienone is 1. The summed E-state index contributed by atoms with van der Waals surface area (Å²) >= 11 is 0. The minimum atomic E-state index is -0.742. The molecular weight excluding hydrogens is 325 g/mol. The van der Waals surface area contributed by atoms with Gasteiger partial charge in [-0.05, 0) is 61.6 Å². The van der Waals surface area contributed by atoms with Crippen molar-refractivity contribution in [3.05, 3.63) is 47.3 Å². The van der Waals surface area contributed by atoms with Crippen LogP contribution in [0.4, 0.5) is 4.39 Å². The van der Waals surface area contributed by atoms with Crippen molar-refractivity contribution < 1.29 is 9.13 Å². The van der Waals surface area contributed by atoms with Gasteiger partial charge in [0.25, 0.3) is 0 Å². The molecule has 142 valence electrons. The molecule has 0 aliphatic heterocycles. The molecule has 1 fully saturated rings. The SMILES string of the molecule is CCCCCCCc1ccc([C@H]2CC[C@@](C=C(F)C#N)(OC)CC2)cc1. The molecule has 1 aliphatic rings. The second kappa shape index (κ2) is 10.5. The highest BCUT2D eigenvalue weighted by Crippen LogP contribution is 2.41. The molecule has 26 heavy (non-hydrogen) atoms. The van der Waals surface area contributed by atoms with Crippen LogP contribution in [0.15, 0.2) is 36.2 Å². The number of nitriles is 1. The standard InChI is InChI=1S/C23H32FNO/c1-3-4-5-6-7-8-19-9-11-20(12-10-19)21-13-15-23(26-2,16-14-21)17-22(24)18-25/h9-12,17,21H,3-8,13-16H2,1-2H3/t21-,23+. The average Bonchev–Trinajstić information content (AvgIpc) is 2.69. The highest BCUT2D eigenvalue weighted by atomic mass is 19.1. The summed E-state index contributed by atoms with van der Waals surface area (Å²) in [5.41, 5.74) is 2.18. The lowest BCUT2D eigenvalue weighted by molar-refractivity contribution is -0.00344. The molecule has 0 amide bonds. The van der Waals surface area contributed by atoms with Crippen LogP contribution in [0.5, 0.6) is 0 Å². The van der Waals surface area contributed by atoms with Gasteiger partial charge in [0, 0.05) is 7.11 Å². The van der Waals surface area contributed by atoms with Crippen LogP contribution in [0.3, 0.4) is 0 Å². The van der Waals surface area contributed by atoms with Gasteiger partial charge in [-0.1, -0.05) is 56.9 Å². The zero-order valence-electron chi connectivity index (χ0n) is 16.3. The van der Waals surface area contributed by atoms with Crippen molar-refractivity contribution in [3.63, 3.8) is 0 Å². The zero-order valence-corrected chi connectivity index (χ0v) is 16.3. The molecule has 2 rings (SSSR count). The van der Waals surface area contributed by atoms with Gasteiger partial charge < -0.3 is 4.74 Å². The fourth-order valence-electron chi connectivity index (χ4n) is 4.00. The van der Waals surface area contributed by atoms with E-state index in [4.69, 9.17) is 10.00 Å². The van der Waals surface area contributed by atoms with Crippen molar-refractivity contribution in [2.45, 2.75) is 82.7 Å². The summed E-state index contributed by atoms with van der Waals surface area (Å²) in [6, 6.07) is 10.6. The third kappa shape index (κ3) is 5.95. The Morgan fingerprint density at radius 3 is 2.42 bits per heavy atom. The van der Waals surface area contributed by atoms with Crippen molar-refractivity contribution in [1.82, 2.24) is 0 Å². The van der Waals surface area contributed by atoms with Crippen molar-refractivity contribution in [2.75, 3.05) is 7.11 Å². The molecule has 3 heteroatoms. The van der Waals surface area contributed by atoms with Gasteiger partial charge in [-0.25, -0.2) is 0 Å². The van der Waals surface area contributed by atoms with E-state index in [0.717, 1.165) is 25.7 Å². The minimum Gasteiger partial charge on any atom is -0.374 e. The molecule has 0 atom stereocenters. The topological polar surface area (TPSA) is 33.0 Å². The van der Waals surface area contributed by atoms with Crippen LogP contribution in [0, 0.1) is 11.3 Å². The maximum Gasteiger partial charge on any atom is 0.198 e. The van der Waals surface area contributed by atoms with Gasteiger partial charge in [0.15, 0.2) is 5.83 Å². The maximum atomic E-state index is 13.4. The summed E-state index contributed by atoms with van der Waals surface area (Å²) in [6.45, 7) is 2.25. The summed E-state index contributed by atoms with van der Waals surface area (Å²) in [5.74, 6) is -0.246. The predicted molar refractivity (Wildman–Crippen MR) is 105 cm³/mol. The number of hydrogen-bond donors (Lipinski definition) is 0. The fourth-order valence-corrected chi connectivity index (χ4v) is 4.00. The Bertz CT molecular complexity index is 606. The monoisotopic (exact) mass is 357 g/mol. The molecule has 0 aromatic heterocycles. The highest BCUT2D eigenvalue weighted by Gasteiger charge is 2.34. The molecule has 1 aromatic carbocycles. The molecule has 0 heterocycles. The number of unbranched alkanes of at least 4 members (excludes halogenated alkanes) is 4. The first-order valence-electron chi connectivity index (χ1n) is 10.0. The van der Waals surface area contributed by atoms with Gasteiger partial charge in [0.1, 0.15) is 6.07 Å². The van der Waals surface area contributed by atoms with Gasteiger partial charge >= 0.3 is 0 Å². The van der Waals surface area contributed by atoms with Gasteiger partial charge in [-0.3, -0.25) is 0 Å². The normalized spacial score (nSPS) is 23.6. The van der Waals surface area contributed by atoms with Crippen LogP contribution in [-0.2, 0) is 11.2 Å². The second-order valence-corrected chi connectivity index (χ2v) is 7.55. The molecule has 0 radical (unpaired) electrons. The summed E-state index contributed by atoms with van der Waals surface area (Å²) in [5, 5.41) is 8.69. The molecule has 0 N–H and O–H groups in total. The van der Waals surface area contributed by atoms with Crippen LogP contribution in [-0.4, -0.2) is 12.7 Å². The quantitative estimate of drug-likeness (QED) is 0.367. The van der Waals surface area contributed by atoms with Crippen molar-refractivity contribution >= 4 is 0 Å². The zero-order chi connectivity index (χ0) is 18.8. The molecule has 1 saturated carbocycles. The third-order valence-electron chi connectivity index (χ3n) is 5.76. The summed E-state index contributed by atoms with van der Waals surface area (Å²) in [6.07, 6.45) is 12.5. The van der Waals surface area contributed by atoms with Crippen molar-refractivity contribution in [1.29, 1.82) is 5.26 Å². The van der Waals surface area contributed by atoms with Crippen molar-refractivity contribution in [2.24, 2.45) is 0 Å². The Hall–Kier alpha value is -1.66. The van der Waals surface area contributed by atoms with Gasteiger partial charge in [-0.15, -0.1) is 0 Å². The van der Waals surface area contributed by atoms with E-state index in [-0.39, 0.29) is 0 Å². The van der Waals surface area contributed by atoms with Crippen LogP contribution < -0.4 is 0 Å². The molecule has 1 aromatic rings. The Balaban J connectivity index is 1.86. The lowest BCUT2D eigenvalue weighted by Gasteiger charge is -2.37. The number of methoxy groups -OCH3 is 1. The number of aryl methyl sites for hydroxylation is 1. The molecule has 0 saturated heterocycles. The lowest BCUT2D eigenvalue weighted by atomic mass is 9.75. The van der Waals surface area contributed by atoms with Crippen LogP contribution in [0.2, 0.25) is 0 Å². The molecular formula is C23H32FNO. The first-order valence-corrected chi connectivity index (χ1v) is 10.0. The number of halogens is 1. The van der Waals surface area contributed by atoms with Crippen LogP contribution in [0.25, 0.3) is 0 Å². The van der Waals surface area contributed by atoms with E-state index in [0.29, 0.717) is 5.92 Å². The molecule has 0 unspecified atom stereocenters. The predicted octanol–water partition coefficient (Wildman–Crippen LogP) is 6.62. The largest absolute Gasteiger partial charge is 0.374 e. The summed E-state index contributed by atoms with van der Waals surface area (Å²) < 4.78 is 19.0. The number of ether oxygens (including phenoxy) is 1. The minimum absolute atomic E-state index is 0.496. The van der Waals surface area contributed by atoms with E-state index in [2.05, 4.69) is 31.2 Å². The van der Waals surface area contributed by atoms with E-state index >= 15 is 0 Å². The molecule has 1 aliphatic carbocycles. The van der Waals surface area contributed by atoms with Crippen LogP contribution in [0.1, 0.15) is 81.8 Å². The fraction of sp³-hybridized carbons (Fsp3) is 0.609. The van der Waals surface area contributed by atoms with E-state index in [1.807, 2.05) is 0 Å². The van der Waals surface area contributed by atoms with Crippen LogP contribution >= 0.6 is 0 Å². The Kier molecular flexibility index (Phi) is 8.32. The maximum absolute atomic E-state index is 13.4. The number of nitrogens with zero attached hydrogens (tertiary/aromatic N) is 1. The number of hydrogen-bond acceptors (Lipinski definition) is 2. The van der Waals surface area contributed by atoms with E-state index in [1.54, 1.807) is 13.2 Å². The van der Waals surface area contributed by atoms with Crippen molar-refractivity contribution in [3.8, 4) is 6.07 Å². The second-order valence-electron chi connectivity index (χ2n) is 7.55. The molecule has 2 nitrogen and oxygen atoms in total. The van der Waals surface area contributed by atoms with Gasteiger partial charge in [0.2, 0.25) is 0 Å². The lowest BCUT2D eigenvalue weighted by Crippen LogP contribution is -2.34. The Morgan fingerprint density at radius 2 is 1.85 bits per heavy atom. The first kappa shape index (κ1) is 20.6. The first-order chi connectivity index (χ1) is 12.6. The number of benzene rings is 1. The van der Waals surface area contributed by atoms with E-state index in [1.165, 1.54) is 55.7 Å². The van der Waals surface area contributed by atoms with E-state index in [9.17, 15) is 4.39 Å². The summed E-state index contributed by atoms with van der Waals surface area (Å²) in [4.78, 5) is 0. The Morgan fingerprint density at radius 1 is 1.19 bits per heavy atom. The van der Waals surface area contributed by atoms with Gasteiger partial charge in [-0.2, -0.15) is 9.65 Å². The summed E-state index contributed by atoms with van der Waals surface area (Å²) in [7, 11) is 1.61. The Labute approximate surface area is 158 Å². The number of rotatable bonds is 9.